The van der Waals surface area contributed by atoms with Crippen LogP contribution in [0, 0.1) is 12.8 Å². The minimum absolute atomic E-state index is 0.158. The summed E-state index contributed by atoms with van der Waals surface area (Å²) in [5.74, 6) is -0.473. The highest BCUT2D eigenvalue weighted by Crippen LogP contribution is 2.35. The van der Waals surface area contributed by atoms with E-state index in [1.807, 2.05) is 14.1 Å². The molecule has 2 atom stereocenters. The second-order valence-corrected chi connectivity index (χ2v) is 10.2. The molecule has 2 aromatic heterocycles. The minimum atomic E-state index is -0.664. The second kappa shape index (κ2) is 9.44. The molecule has 0 saturated carbocycles. The molecule has 0 bridgehead atoms. The summed E-state index contributed by atoms with van der Waals surface area (Å²) >= 11 is 1.68. The first-order valence-electron chi connectivity index (χ1n) is 11.1. The fraction of sp³-hybridized carbons (Fsp3) is 0.417. The normalized spacial score (nSPS) is 18.6. The third-order valence-corrected chi connectivity index (χ3v) is 6.96. The highest BCUT2D eigenvalue weighted by Gasteiger charge is 2.34. The number of hydrogen-bond donors (Lipinski definition) is 2. The van der Waals surface area contributed by atoms with Gasteiger partial charge in [-0.3, -0.25) is 9.59 Å². The number of nitrogens with one attached hydrogen (secondary N) is 1. The summed E-state index contributed by atoms with van der Waals surface area (Å²) in [6.45, 7) is 5.25. The maximum absolute atomic E-state index is 13.2. The molecule has 1 aliphatic rings. The fourth-order valence-corrected chi connectivity index (χ4v) is 5.30. The first kappa shape index (κ1) is 23.1. The molecule has 0 radical (unpaired) electrons. The number of piperidine rings is 1. The van der Waals surface area contributed by atoms with Gasteiger partial charge in [-0.15, -0.1) is 11.3 Å². The number of aryl methyl sites for hydroxylation is 1. The van der Waals surface area contributed by atoms with Crippen molar-refractivity contribution in [1.82, 2.24) is 19.8 Å². The van der Waals surface area contributed by atoms with E-state index >= 15 is 0 Å². The Morgan fingerprint density at radius 1 is 1.27 bits per heavy atom. The molecule has 1 aromatic carbocycles. The van der Waals surface area contributed by atoms with Crippen LogP contribution < -0.4 is 11.1 Å². The molecule has 33 heavy (non-hydrogen) atoms. The molecule has 1 aliphatic heterocycles. The molecule has 2 unspecified atom stereocenters. The largest absolute Gasteiger partial charge is 0.383 e. The third-order valence-electron chi connectivity index (χ3n) is 5.94. The van der Waals surface area contributed by atoms with E-state index in [0.717, 1.165) is 45.7 Å². The predicted molar refractivity (Wildman–Crippen MR) is 132 cm³/mol. The number of rotatable bonds is 4. The molecule has 2 amide bonds. The second-order valence-electron chi connectivity index (χ2n) is 9.11. The molecule has 9 heteroatoms. The van der Waals surface area contributed by atoms with Crippen molar-refractivity contribution < 1.29 is 9.59 Å². The van der Waals surface area contributed by atoms with Gasteiger partial charge in [-0.2, -0.15) is 0 Å². The molecular weight excluding hydrogens is 436 g/mol. The Balaban J connectivity index is 1.57. The number of carbonyl (C=O) groups is 2. The Morgan fingerprint density at radius 3 is 2.79 bits per heavy atom. The quantitative estimate of drug-likeness (QED) is 0.570. The molecule has 3 heterocycles. The number of aromatic nitrogens is 2. The van der Waals surface area contributed by atoms with Gasteiger partial charge in [0, 0.05) is 13.1 Å². The van der Waals surface area contributed by atoms with Crippen LogP contribution in [0.4, 0.5) is 11.5 Å². The van der Waals surface area contributed by atoms with Crippen LogP contribution >= 0.6 is 11.3 Å². The molecule has 3 N–H and O–H groups in total. The molecule has 1 fully saturated rings. The minimum Gasteiger partial charge on any atom is -0.383 e. The van der Waals surface area contributed by atoms with Crippen LogP contribution in [0.5, 0.6) is 0 Å². The topological polar surface area (TPSA) is 104 Å². The van der Waals surface area contributed by atoms with E-state index in [4.69, 9.17) is 10.7 Å². The Bertz CT molecular complexity index is 1190. The number of pyridine rings is 1. The summed E-state index contributed by atoms with van der Waals surface area (Å²) < 4.78 is 1.13. The van der Waals surface area contributed by atoms with E-state index in [2.05, 4.69) is 40.3 Å². The van der Waals surface area contributed by atoms with E-state index in [1.54, 1.807) is 29.2 Å². The number of nitrogens with two attached hydrogens (primary N) is 1. The van der Waals surface area contributed by atoms with Gasteiger partial charge in [0.25, 0.3) is 0 Å². The molecule has 4 rings (SSSR count). The maximum atomic E-state index is 13.2. The van der Waals surface area contributed by atoms with Crippen LogP contribution in [-0.2, 0) is 16.1 Å². The Kier molecular flexibility index (Phi) is 6.62. The van der Waals surface area contributed by atoms with Gasteiger partial charge in [0.15, 0.2) is 0 Å². The van der Waals surface area contributed by atoms with Gasteiger partial charge in [-0.1, -0.05) is 13.0 Å². The Labute approximate surface area is 197 Å². The lowest BCUT2D eigenvalue weighted by molar-refractivity contribution is -0.146. The van der Waals surface area contributed by atoms with E-state index in [0.29, 0.717) is 24.0 Å². The molecule has 1 saturated heterocycles. The van der Waals surface area contributed by atoms with Crippen molar-refractivity contribution in [1.29, 1.82) is 0 Å². The average molecular weight is 467 g/mol. The Hall–Kier alpha value is -3.04. The van der Waals surface area contributed by atoms with Crippen LogP contribution in [0.15, 0.2) is 30.5 Å². The zero-order valence-corrected chi connectivity index (χ0v) is 20.3. The van der Waals surface area contributed by atoms with E-state index in [-0.39, 0.29) is 6.04 Å². The lowest BCUT2D eigenvalue weighted by atomic mass is 9.89. The van der Waals surface area contributed by atoms with Gasteiger partial charge in [0.05, 0.1) is 28.1 Å². The summed E-state index contributed by atoms with van der Waals surface area (Å²) in [4.78, 5) is 38.7. The number of thiazole rings is 1. The standard InChI is InChI=1S/C24H30N6O2S/c1-14-5-7-19(16-6-8-20-18(10-16)28-21(33-20)13-29(3)4)30(12-14)24(32)23(31)27-17-9-15(2)22(25)26-11-17/h6,8-11,14,19H,5,7,12-13H2,1-4H3,(H2,25,26)(H,27,31). The van der Waals surface area contributed by atoms with E-state index in [1.165, 1.54) is 6.20 Å². The molecule has 174 valence electrons. The number of nitrogens with zero attached hydrogens (tertiary/aromatic N) is 4. The van der Waals surface area contributed by atoms with Crippen LogP contribution in [0.1, 0.15) is 41.9 Å². The van der Waals surface area contributed by atoms with Crippen molar-refractivity contribution in [2.24, 2.45) is 5.92 Å². The van der Waals surface area contributed by atoms with Crippen molar-refractivity contribution in [3.8, 4) is 0 Å². The van der Waals surface area contributed by atoms with Gasteiger partial charge >= 0.3 is 11.8 Å². The van der Waals surface area contributed by atoms with Gasteiger partial charge in [0.1, 0.15) is 10.8 Å². The zero-order chi connectivity index (χ0) is 23.7. The van der Waals surface area contributed by atoms with Crippen molar-refractivity contribution in [3.05, 3.63) is 46.6 Å². The summed E-state index contributed by atoms with van der Waals surface area (Å²) in [6, 6.07) is 7.76. The first-order chi connectivity index (χ1) is 15.7. The van der Waals surface area contributed by atoms with Crippen molar-refractivity contribution >= 4 is 44.9 Å². The predicted octanol–water partition coefficient (Wildman–Crippen LogP) is 3.58. The molecule has 8 nitrogen and oxygen atoms in total. The number of fused-ring (bicyclic) bond motifs is 1. The Morgan fingerprint density at radius 2 is 2.06 bits per heavy atom. The van der Waals surface area contributed by atoms with Crippen molar-refractivity contribution in [2.45, 2.75) is 39.3 Å². The molecule has 0 spiro atoms. The number of likely N-dealkylation sites (tertiary alicyclic amines) is 1. The molecule has 3 aromatic rings. The lowest BCUT2D eigenvalue weighted by Crippen LogP contribution is -2.46. The monoisotopic (exact) mass is 466 g/mol. The molecular formula is C24H30N6O2S. The number of anilines is 2. The highest BCUT2D eigenvalue weighted by atomic mass is 32.1. The van der Waals surface area contributed by atoms with Crippen LogP contribution in [-0.4, -0.2) is 52.2 Å². The number of amides is 2. The van der Waals surface area contributed by atoms with Crippen LogP contribution in [0.2, 0.25) is 0 Å². The SMILES string of the molecule is Cc1cc(NC(=O)C(=O)N2CC(C)CCC2c2ccc3sc(CN(C)C)nc3c2)cnc1N. The van der Waals surface area contributed by atoms with E-state index in [9.17, 15) is 9.59 Å². The number of benzene rings is 1. The first-order valence-corrected chi connectivity index (χ1v) is 11.9. The van der Waals surface area contributed by atoms with Crippen molar-refractivity contribution in [3.63, 3.8) is 0 Å². The van der Waals surface area contributed by atoms with E-state index < -0.39 is 11.8 Å². The number of nitrogen functional groups attached to an aromatic ring is 1. The average Bonchev–Trinajstić information content (AvgIpc) is 3.16. The van der Waals surface area contributed by atoms with Gasteiger partial charge < -0.3 is 20.9 Å². The zero-order valence-electron chi connectivity index (χ0n) is 19.5. The van der Waals surface area contributed by atoms with Gasteiger partial charge in [0.2, 0.25) is 0 Å². The highest BCUT2D eigenvalue weighted by molar-refractivity contribution is 7.18. The fourth-order valence-electron chi connectivity index (χ4n) is 4.23. The lowest BCUT2D eigenvalue weighted by Gasteiger charge is -2.38. The van der Waals surface area contributed by atoms with Gasteiger partial charge in [-0.05, 0) is 69.1 Å². The smallest absolute Gasteiger partial charge is 0.313 e. The van der Waals surface area contributed by atoms with Crippen LogP contribution in [0.3, 0.4) is 0 Å². The summed E-state index contributed by atoms with van der Waals surface area (Å²) in [7, 11) is 4.05. The summed E-state index contributed by atoms with van der Waals surface area (Å²) in [5, 5.41) is 3.74. The maximum Gasteiger partial charge on any atom is 0.313 e. The molecule has 0 aliphatic carbocycles. The van der Waals surface area contributed by atoms with Gasteiger partial charge in [-0.25, -0.2) is 9.97 Å². The number of hydrogen-bond acceptors (Lipinski definition) is 7. The summed E-state index contributed by atoms with van der Waals surface area (Å²) in [6.07, 6.45) is 3.27. The summed E-state index contributed by atoms with van der Waals surface area (Å²) in [5.41, 5.74) is 8.91. The third kappa shape index (κ3) is 5.15. The van der Waals surface area contributed by atoms with Crippen LogP contribution in [0.25, 0.3) is 10.2 Å². The van der Waals surface area contributed by atoms with Crippen molar-refractivity contribution in [2.75, 3.05) is 31.7 Å². The number of carbonyl (C=O) groups excluding carboxylic acids is 2.